The lowest BCUT2D eigenvalue weighted by Crippen LogP contribution is -2.40. The predicted molar refractivity (Wildman–Crippen MR) is 102 cm³/mol. The van der Waals surface area contributed by atoms with E-state index in [1.54, 1.807) is 25.2 Å². The van der Waals surface area contributed by atoms with Gasteiger partial charge in [0.05, 0.1) is 24.5 Å². The molecule has 1 saturated heterocycles. The zero-order valence-electron chi connectivity index (χ0n) is 16.6. The number of likely N-dealkylation sites (N-methyl/N-ethyl adjacent to an activating group) is 1. The third-order valence-corrected chi connectivity index (χ3v) is 5.56. The average Bonchev–Trinajstić information content (AvgIpc) is 3.33. The molecule has 150 valence electrons. The van der Waals surface area contributed by atoms with Crippen molar-refractivity contribution in [2.24, 2.45) is 0 Å². The summed E-state index contributed by atoms with van der Waals surface area (Å²) in [7, 11) is 3.49. The summed E-state index contributed by atoms with van der Waals surface area (Å²) in [6.45, 7) is 3.12. The Morgan fingerprint density at radius 2 is 2.04 bits per heavy atom. The minimum atomic E-state index is -0.0922. The highest BCUT2D eigenvalue weighted by Gasteiger charge is 2.38. The van der Waals surface area contributed by atoms with Crippen LogP contribution in [0.1, 0.15) is 45.1 Å². The van der Waals surface area contributed by atoms with Crippen molar-refractivity contribution < 1.29 is 14.3 Å². The molecule has 2 fully saturated rings. The monoisotopic (exact) mass is 377 g/mol. The number of carbonyl (C=O) groups is 2. The molecule has 2 atom stereocenters. The first-order valence-corrected chi connectivity index (χ1v) is 9.79. The fourth-order valence-electron chi connectivity index (χ4n) is 4.17. The molecule has 2 aliphatic rings. The van der Waals surface area contributed by atoms with Crippen LogP contribution >= 0.6 is 0 Å². The van der Waals surface area contributed by atoms with E-state index in [2.05, 4.69) is 15.3 Å². The van der Waals surface area contributed by atoms with Crippen molar-refractivity contribution in [1.29, 1.82) is 0 Å². The van der Waals surface area contributed by atoms with Crippen molar-refractivity contribution >= 4 is 17.5 Å². The minimum Gasteiger partial charge on any atom is -0.370 e. The normalized spacial score (nSPS) is 23.7. The smallest absolute Gasteiger partial charge is 0.248 e. The minimum absolute atomic E-state index is 0.0102. The van der Waals surface area contributed by atoms with Gasteiger partial charge in [-0.1, -0.05) is 12.8 Å². The number of carbonyl (C=O) groups excluding carboxylic acids is 2. The predicted octanol–water partition coefficient (Wildman–Crippen LogP) is 1.50. The highest BCUT2D eigenvalue weighted by Crippen LogP contribution is 2.34. The second-order valence-corrected chi connectivity index (χ2v) is 7.87. The Hall–Kier alpha value is -1.93. The lowest BCUT2D eigenvalue weighted by molar-refractivity contribution is -0.134. The molecular weight excluding hydrogens is 346 g/mol. The molecule has 1 N–H and O–H groups in total. The van der Waals surface area contributed by atoms with Crippen molar-refractivity contribution in [3.05, 3.63) is 12.4 Å². The lowest BCUT2D eigenvalue weighted by Gasteiger charge is -2.30. The Kier molecular flexibility index (Phi) is 6.49. The summed E-state index contributed by atoms with van der Waals surface area (Å²) in [4.78, 5) is 27.1. The van der Waals surface area contributed by atoms with Crippen LogP contribution in [0.15, 0.2) is 12.4 Å². The maximum atomic E-state index is 11.8. The average molecular weight is 377 g/mol. The van der Waals surface area contributed by atoms with Gasteiger partial charge in [-0.15, -0.1) is 0 Å². The third-order valence-electron chi connectivity index (χ3n) is 5.56. The maximum absolute atomic E-state index is 11.8. The number of nitrogens with zero attached hydrogens (tertiary/aromatic N) is 4. The van der Waals surface area contributed by atoms with Gasteiger partial charge in [-0.05, 0) is 19.3 Å². The molecule has 27 heavy (non-hydrogen) atoms. The van der Waals surface area contributed by atoms with Crippen molar-refractivity contribution in [3.8, 4) is 0 Å². The summed E-state index contributed by atoms with van der Waals surface area (Å²) in [6.07, 6.45) is 9.57. The number of rotatable bonds is 7. The van der Waals surface area contributed by atoms with E-state index in [1.165, 1.54) is 32.6 Å². The Morgan fingerprint density at radius 3 is 2.70 bits per heavy atom. The number of hydrogen-bond acceptors (Lipinski definition) is 5. The zero-order valence-corrected chi connectivity index (χ0v) is 16.6. The van der Waals surface area contributed by atoms with E-state index < -0.39 is 0 Å². The summed E-state index contributed by atoms with van der Waals surface area (Å²) in [5.74, 6) is -0.102. The Bertz CT molecular complexity index is 654. The molecule has 1 aliphatic carbocycles. The van der Waals surface area contributed by atoms with Gasteiger partial charge in [-0.3, -0.25) is 19.2 Å². The molecule has 8 nitrogen and oxygen atoms in total. The van der Waals surface area contributed by atoms with Gasteiger partial charge in [-0.2, -0.15) is 5.10 Å². The fourth-order valence-corrected chi connectivity index (χ4v) is 4.17. The summed E-state index contributed by atoms with van der Waals surface area (Å²) in [5.41, 5.74) is 0.728. The second kappa shape index (κ2) is 8.84. The summed E-state index contributed by atoms with van der Waals surface area (Å²) < 4.78 is 7.71. The van der Waals surface area contributed by atoms with E-state index in [9.17, 15) is 9.59 Å². The fraction of sp³-hybridized carbons (Fsp3) is 0.737. The van der Waals surface area contributed by atoms with Crippen LogP contribution in [-0.2, 0) is 14.3 Å². The van der Waals surface area contributed by atoms with Crippen LogP contribution < -0.4 is 5.32 Å². The zero-order chi connectivity index (χ0) is 19.4. The quantitative estimate of drug-likeness (QED) is 0.779. The largest absolute Gasteiger partial charge is 0.370 e. The van der Waals surface area contributed by atoms with Crippen LogP contribution in [0, 0.1) is 0 Å². The van der Waals surface area contributed by atoms with Crippen LogP contribution in [0.4, 0.5) is 5.69 Å². The third kappa shape index (κ3) is 5.07. The van der Waals surface area contributed by atoms with Crippen LogP contribution in [0.25, 0.3) is 0 Å². The SMILES string of the molecule is CC(=O)Nc1cnn([C@H]2C[C@@H](COCC(=O)N(C)C)N(C3CCCC3)C2)c1. The maximum Gasteiger partial charge on any atom is 0.248 e. The second-order valence-electron chi connectivity index (χ2n) is 7.87. The van der Waals surface area contributed by atoms with Crippen LogP contribution in [0.5, 0.6) is 0 Å². The number of likely N-dealkylation sites (tertiary alicyclic amines) is 1. The molecule has 1 aromatic heterocycles. The molecule has 2 amide bonds. The molecular formula is C19H31N5O3. The Balaban J connectivity index is 1.63. The van der Waals surface area contributed by atoms with E-state index in [1.807, 2.05) is 10.9 Å². The van der Waals surface area contributed by atoms with E-state index in [0.29, 0.717) is 18.7 Å². The lowest BCUT2D eigenvalue weighted by atomic mass is 10.1. The van der Waals surface area contributed by atoms with Crippen molar-refractivity contribution in [1.82, 2.24) is 19.6 Å². The number of nitrogens with one attached hydrogen (secondary N) is 1. The molecule has 0 aromatic carbocycles. The van der Waals surface area contributed by atoms with Gasteiger partial charge >= 0.3 is 0 Å². The van der Waals surface area contributed by atoms with Crippen molar-refractivity contribution in [3.63, 3.8) is 0 Å². The molecule has 1 aliphatic heterocycles. The van der Waals surface area contributed by atoms with E-state index in [0.717, 1.165) is 18.7 Å². The summed E-state index contributed by atoms with van der Waals surface area (Å²) >= 11 is 0. The van der Waals surface area contributed by atoms with Gasteiger partial charge in [0.1, 0.15) is 6.61 Å². The summed E-state index contributed by atoms with van der Waals surface area (Å²) in [6, 6.07) is 1.14. The molecule has 8 heteroatoms. The molecule has 0 bridgehead atoms. The molecule has 0 unspecified atom stereocenters. The topological polar surface area (TPSA) is 79.7 Å². The Morgan fingerprint density at radius 1 is 1.30 bits per heavy atom. The van der Waals surface area contributed by atoms with Crippen LogP contribution in [-0.4, -0.2) is 77.3 Å². The molecule has 3 rings (SSSR count). The van der Waals surface area contributed by atoms with Gasteiger partial charge in [0.25, 0.3) is 0 Å². The number of aromatic nitrogens is 2. The van der Waals surface area contributed by atoms with Crippen molar-refractivity contribution in [2.75, 3.05) is 39.2 Å². The molecule has 0 spiro atoms. The highest BCUT2D eigenvalue weighted by atomic mass is 16.5. The number of ether oxygens (including phenoxy) is 1. The molecule has 2 heterocycles. The first-order chi connectivity index (χ1) is 12.9. The van der Waals surface area contributed by atoms with E-state index in [-0.39, 0.29) is 24.5 Å². The first-order valence-electron chi connectivity index (χ1n) is 9.79. The van der Waals surface area contributed by atoms with Gasteiger partial charge in [-0.25, -0.2) is 0 Å². The van der Waals surface area contributed by atoms with E-state index in [4.69, 9.17) is 4.74 Å². The molecule has 0 radical (unpaired) electrons. The van der Waals surface area contributed by atoms with Gasteiger partial charge in [0.2, 0.25) is 11.8 Å². The number of amides is 2. The number of anilines is 1. The number of hydrogen-bond donors (Lipinski definition) is 1. The van der Waals surface area contributed by atoms with E-state index >= 15 is 0 Å². The molecule has 1 aromatic rings. The van der Waals surface area contributed by atoms with Crippen molar-refractivity contribution in [2.45, 2.75) is 57.2 Å². The van der Waals surface area contributed by atoms with Crippen LogP contribution in [0.2, 0.25) is 0 Å². The first kappa shape index (κ1) is 19.8. The molecule has 1 saturated carbocycles. The standard InChI is InChI=1S/C19H31N5O3/c1-14(25)21-15-9-20-24(10-15)17-8-18(12-27-13-19(26)22(2)3)23(11-17)16-6-4-5-7-16/h9-10,16-18H,4-8,11-13H2,1-3H3,(H,21,25)/t17-,18-/m0/s1. The van der Waals surface area contributed by atoms with Gasteiger partial charge in [0, 0.05) is 45.8 Å². The van der Waals surface area contributed by atoms with Gasteiger partial charge < -0.3 is 15.0 Å². The highest BCUT2D eigenvalue weighted by molar-refractivity contribution is 5.88. The summed E-state index contributed by atoms with van der Waals surface area (Å²) in [5, 5.41) is 7.23. The Labute approximate surface area is 160 Å². The van der Waals surface area contributed by atoms with Crippen LogP contribution in [0.3, 0.4) is 0 Å². The van der Waals surface area contributed by atoms with Gasteiger partial charge in [0.15, 0.2) is 0 Å².